The van der Waals surface area contributed by atoms with Gasteiger partial charge in [0.05, 0.1) is 16.0 Å². The average molecular weight is 377 g/mol. The number of carbonyl (C=O) groups is 2. The second-order valence-electron chi connectivity index (χ2n) is 5.98. The quantitative estimate of drug-likeness (QED) is 0.846. The summed E-state index contributed by atoms with van der Waals surface area (Å²) in [7, 11) is 0.953. The molecule has 0 radical (unpaired) electrons. The maximum atomic E-state index is 12.5. The van der Waals surface area contributed by atoms with Gasteiger partial charge in [0, 0.05) is 33.6 Å². The molecule has 0 saturated carbocycles. The maximum absolute atomic E-state index is 12.5. The third-order valence-electron chi connectivity index (χ3n) is 3.62. The number of hydrogen-bond donors (Lipinski definition) is 1. The minimum absolute atomic E-state index is 0.0820. The zero-order valence-electron chi connectivity index (χ0n) is 14.8. The molecule has 1 aromatic heterocycles. The lowest BCUT2D eigenvalue weighted by atomic mass is 10.2. The molecule has 2 rings (SSSR count). The number of nitrogens with zero attached hydrogens (tertiary/aromatic N) is 2. The molecule has 0 fully saturated rings. The van der Waals surface area contributed by atoms with Crippen LogP contribution in [0.4, 0.5) is 5.69 Å². The predicted octanol–water partition coefficient (Wildman–Crippen LogP) is 0.743. The summed E-state index contributed by atoms with van der Waals surface area (Å²) in [5.74, 6) is -1.09. The number of carbonyl (C=O) groups excluding carboxylic acids is 2. The summed E-state index contributed by atoms with van der Waals surface area (Å²) in [6.45, 7) is 0. The summed E-state index contributed by atoms with van der Waals surface area (Å²) in [4.78, 5) is 38.1. The molecule has 0 aliphatic heterocycles. The molecular weight excluding hydrogens is 358 g/mol. The monoisotopic (exact) mass is 377 g/mol. The van der Waals surface area contributed by atoms with Crippen molar-refractivity contribution in [1.82, 2.24) is 9.47 Å². The van der Waals surface area contributed by atoms with Crippen LogP contribution in [-0.2, 0) is 16.9 Å². The standard InChI is InChI=1S/C17H19N3O5S/c1-19(2)16(22)11-9-13(17(23)20(3)10-11)18-15(21)12-7-5-6-8-14(12)26(4,24)25/h5-10H,1-4H3,(H,18,21). The fourth-order valence-corrected chi connectivity index (χ4v) is 3.23. The fourth-order valence-electron chi connectivity index (χ4n) is 2.34. The lowest BCUT2D eigenvalue weighted by Crippen LogP contribution is -2.28. The number of sulfone groups is 1. The first kappa shape index (κ1) is 19.4. The SMILES string of the molecule is CN(C)C(=O)c1cc(NC(=O)c2ccccc2S(C)(=O)=O)c(=O)n(C)c1. The molecule has 0 bridgehead atoms. The van der Waals surface area contributed by atoms with Crippen molar-refractivity contribution in [3.05, 3.63) is 58.0 Å². The van der Waals surface area contributed by atoms with Crippen LogP contribution in [-0.4, -0.2) is 50.1 Å². The highest BCUT2D eigenvalue weighted by Gasteiger charge is 2.20. The molecule has 8 nitrogen and oxygen atoms in total. The lowest BCUT2D eigenvalue weighted by Gasteiger charge is -2.14. The molecule has 1 N–H and O–H groups in total. The van der Waals surface area contributed by atoms with E-state index in [1.54, 1.807) is 14.1 Å². The molecule has 2 amide bonds. The topological polar surface area (TPSA) is 106 Å². The van der Waals surface area contributed by atoms with Gasteiger partial charge in [0.15, 0.2) is 9.84 Å². The average Bonchev–Trinajstić information content (AvgIpc) is 2.57. The van der Waals surface area contributed by atoms with Gasteiger partial charge in [0.2, 0.25) is 0 Å². The van der Waals surface area contributed by atoms with Crippen molar-refractivity contribution in [3.8, 4) is 0 Å². The molecule has 9 heteroatoms. The number of aryl methyl sites for hydroxylation is 1. The Labute approximate surface area is 151 Å². The number of aromatic nitrogens is 1. The number of pyridine rings is 1. The number of amides is 2. The third-order valence-corrected chi connectivity index (χ3v) is 4.77. The van der Waals surface area contributed by atoms with Crippen molar-refractivity contribution in [3.63, 3.8) is 0 Å². The Bertz CT molecular complexity index is 1040. The van der Waals surface area contributed by atoms with E-state index in [-0.39, 0.29) is 27.6 Å². The van der Waals surface area contributed by atoms with Crippen LogP contribution in [0.25, 0.3) is 0 Å². The zero-order chi connectivity index (χ0) is 19.6. The number of benzene rings is 1. The smallest absolute Gasteiger partial charge is 0.274 e. The summed E-state index contributed by atoms with van der Waals surface area (Å²) in [6.07, 6.45) is 2.36. The molecule has 26 heavy (non-hydrogen) atoms. The molecule has 0 aliphatic rings. The minimum Gasteiger partial charge on any atom is -0.345 e. The predicted molar refractivity (Wildman–Crippen MR) is 97.2 cm³/mol. The van der Waals surface area contributed by atoms with Gasteiger partial charge in [-0.25, -0.2) is 8.42 Å². The van der Waals surface area contributed by atoms with E-state index in [1.807, 2.05) is 0 Å². The Hall–Kier alpha value is -2.94. The molecule has 138 valence electrons. The molecule has 1 heterocycles. The van der Waals surface area contributed by atoms with Gasteiger partial charge >= 0.3 is 0 Å². The second-order valence-corrected chi connectivity index (χ2v) is 7.96. The number of anilines is 1. The Morgan fingerprint density at radius 1 is 1.15 bits per heavy atom. The minimum atomic E-state index is -3.63. The fraction of sp³-hybridized carbons (Fsp3) is 0.235. The van der Waals surface area contributed by atoms with E-state index in [1.165, 1.54) is 53.0 Å². The molecule has 0 aliphatic carbocycles. The van der Waals surface area contributed by atoms with E-state index in [2.05, 4.69) is 5.32 Å². The normalized spacial score (nSPS) is 11.1. The summed E-state index contributed by atoms with van der Waals surface area (Å²) >= 11 is 0. The Balaban J connectivity index is 2.48. The summed E-state index contributed by atoms with van der Waals surface area (Å²) < 4.78 is 24.9. The summed E-state index contributed by atoms with van der Waals surface area (Å²) in [6, 6.07) is 6.96. The van der Waals surface area contributed by atoms with Crippen LogP contribution >= 0.6 is 0 Å². The van der Waals surface area contributed by atoms with Gasteiger partial charge in [-0.2, -0.15) is 0 Å². The van der Waals surface area contributed by atoms with Gasteiger partial charge in [-0.1, -0.05) is 12.1 Å². The molecule has 0 saturated heterocycles. The molecule has 0 spiro atoms. The maximum Gasteiger partial charge on any atom is 0.274 e. The van der Waals surface area contributed by atoms with E-state index in [4.69, 9.17) is 0 Å². The van der Waals surface area contributed by atoms with Crippen LogP contribution < -0.4 is 10.9 Å². The van der Waals surface area contributed by atoms with E-state index in [0.29, 0.717) is 0 Å². The van der Waals surface area contributed by atoms with Crippen molar-refractivity contribution in [1.29, 1.82) is 0 Å². The van der Waals surface area contributed by atoms with E-state index >= 15 is 0 Å². The van der Waals surface area contributed by atoms with Gasteiger partial charge in [0.25, 0.3) is 17.4 Å². The highest BCUT2D eigenvalue weighted by molar-refractivity contribution is 7.90. The van der Waals surface area contributed by atoms with Gasteiger partial charge in [-0.3, -0.25) is 14.4 Å². The van der Waals surface area contributed by atoms with Crippen LogP contribution in [0, 0.1) is 0 Å². The first-order chi connectivity index (χ1) is 12.0. The van der Waals surface area contributed by atoms with Crippen molar-refractivity contribution in [2.45, 2.75) is 4.90 Å². The van der Waals surface area contributed by atoms with Crippen molar-refractivity contribution < 1.29 is 18.0 Å². The zero-order valence-corrected chi connectivity index (χ0v) is 15.6. The number of hydrogen-bond acceptors (Lipinski definition) is 5. The molecular formula is C17H19N3O5S. The Morgan fingerprint density at radius 3 is 2.35 bits per heavy atom. The number of nitrogens with one attached hydrogen (secondary N) is 1. The lowest BCUT2D eigenvalue weighted by molar-refractivity contribution is 0.0826. The van der Waals surface area contributed by atoms with Crippen LogP contribution in [0.5, 0.6) is 0 Å². The van der Waals surface area contributed by atoms with Crippen LogP contribution in [0.15, 0.2) is 46.2 Å². The Morgan fingerprint density at radius 2 is 1.77 bits per heavy atom. The molecule has 0 unspecified atom stereocenters. The van der Waals surface area contributed by atoms with E-state index < -0.39 is 21.3 Å². The molecule has 0 atom stereocenters. The van der Waals surface area contributed by atoms with E-state index in [9.17, 15) is 22.8 Å². The first-order valence-electron chi connectivity index (χ1n) is 7.55. The molecule has 1 aromatic carbocycles. The second kappa shape index (κ2) is 7.12. The van der Waals surface area contributed by atoms with Crippen LogP contribution in [0.1, 0.15) is 20.7 Å². The van der Waals surface area contributed by atoms with Crippen LogP contribution in [0.2, 0.25) is 0 Å². The highest BCUT2D eigenvalue weighted by atomic mass is 32.2. The Kier molecular flexibility index (Phi) is 5.31. The largest absolute Gasteiger partial charge is 0.345 e. The highest BCUT2D eigenvalue weighted by Crippen LogP contribution is 2.17. The van der Waals surface area contributed by atoms with Crippen molar-refractivity contribution in [2.24, 2.45) is 7.05 Å². The molecule has 2 aromatic rings. The van der Waals surface area contributed by atoms with E-state index in [0.717, 1.165) is 6.26 Å². The summed E-state index contributed by atoms with van der Waals surface area (Å²) in [5, 5.41) is 2.41. The van der Waals surface area contributed by atoms with Gasteiger partial charge in [-0.05, 0) is 18.2 Å². The van der Waals surface area contributed by atoms with Crippen molar-refractivity contribution in [2.75, 3.05) is 25.7 Å². The van der Waals surface area contributed by atoms with Crippen molar-refractivity contribution >= 4 is 27.3 Å². The third kappa shape index (κ3) is 3.99. The van der Waals surface area contributed by atoms with Gasteiger partial charge in [0.1, 0.15) is 5.69 Å². The van der Waals surface area contributed by atoms with Crippen LogP contribution in [0.3, 0.4) is 0 Å². The summed E-state index contributed by atoms with van der Waals surface area (Å²) in [5.41, 5.74) is -0.510. The van der Waals surface area contributed by atoms with Gasteiger partial charge in [-0.15, -0.1) is 0 Å². The first-order valence-corrected chi connectivity index (χ1v) is 9.44. The number of rotatable bonds is 4. The van der Waals surface area contributed by atoms with Gasteiger partial charge < -0.3 is 14.8 Å².